The largest absolute Gasteiger partial charge is 0.342 e. The Balaban J connectivity index is 1.54. The standard InChI is InChI=1S/C20H28N4OS/c1-4-15-5-7-16(8-6-15)21-20-22-17(14-26-20)13-19(25)24(3)18-9-11-23(2)12-10-18/h5-8,14,18H,4,9-13H2,1-3H3,(H,21,22). The van der Waals surface area contributed by atoms with E-state index in [1.807, 2.05) is 17.3 Å². The predicted octanol–water partition coefficient (Wildman–Crippen LogP) is 3.54. The van der Waals surface area contributed by atoms with Gasteiger partial charge in [0.05, 0.1) is 12.1 Å². The van der Waals surface area contributed by atoms with Gasteiger partial charge in [-0.2, -0.15) is 0 Å². The molecule has 0 aliphatic carbocycles. The van der Waals surface area contributed by atoms with Crippen LogP contribution in [0.15, 0.2) is 29.6 Å². The number of piperidine rings is 1. The highest BCUT2D eigenvalue weighted by Gasteiger charge is 2.24. The van der Waals surface area contributed by atoms with Gasteiger partial charge in [-0.15, -0.1) is 11.3 Å². The van der Waals surface area contributed by atoms with Crippen LogP contribution in [0.4, 0.5) is 10.8 Å². The summed E-state index contributed by atoms with van der Waals surface area (Å²) in [6.07, 6.45) is 3.51. The van der Waals surface area contributed by atoms with E-state index in [2.05, 4.69) is 53.4 Å². The van der Waals surface area contributed by atoms with E-state index < -0.39 is 0 Å². The second-order valence-electron chi connectivity index (χ2n) is 7.04. The molecule has 1 aliphatic rings. The monoisotopic (exact) mass is 372 g/mol. The maximum absolute atomic E-state index is 12.6. The summed E-state index contributed by atoms with van der Waals surface area (Å²) in [6.45, 7) is 4.27. The second kappa shape index (κ2) is 8.64. The molecule has 0 saturated carbocycles. The Bertz CT molecular complexity index is 720. The van der Waals surface area contributed by atoms with Crippen LogP contribution >= 0.6 is 11.3 Å². The first kappa shape index (κ1) is 18.9. The first-order chi connectivity index (χ1) is 12.5. The highest BCUT2D eigenvalue weighted by Crippen LogP contribution is 2.22. The molecule has 1 saturated heterocycles. The molecule has 0 bridgehead atoms. The summed E-state index contributed by atoms with van der Waals surface area (Å²) in [4.78, 5) is 21.4. The van der Waals surface area contributed by atoms with Gasteiger partial charge in [0.2, 0.25) is 5.91 Å². The van der Waals surface area contributed by atoms with Crippen molar-refractivity contribution >= 4 is 28.1 Å². The number of aromatic nitrogens is 1. The zero-order valence-electron chi connectivity index (χ0n) is 15.9. The highest BCUT2D eigenvalue weighted by molar-refractivity contribution is 7.13. The number of nitrogens with one attached hydrogen (secondary N) is 1. The summed E-state index contributed by atoms with van der Waals surface area (Å²) in [5, 5.41) is 6.13. The molecule has 0 spiro atoms. The van der Waals surface area contributed by atoms with Crippen molar-refractivity contribution in [3.8, 4) is 0 Å². The smallest absolute Gasteiger partial charge is 0.228 e. The number of rotatable bonds is 6. The van der Waals surface area contributed by atoms with Gasteiger partial charge in [-0.3, -0.25) is 4.79 Å². The van der Waals surface area contributed by atoms with Gasteiger partial charge in [0.15, 0.2) is 5.13 Å². The minimum absolute atomic E-state index is 0.156. The van der Waals surface area contributed by atoms with Crippen LogP contribution < -0.4 is 5.32 Å². The van der Waals surface area contributed by atoms with Crippen LogP contribution in [0.3, 0.4) is 0 Å². The van der Waals surface area contributed by atoms with Gasteiger partial charge in [0.25, 0.3) is 0 Å². The van der Waals surface area contributed by atoms with Crippen LogP contribution in [0.2, 0.25) is 0 Å². The van der Waals surface area contributed by atoms with Crippen LogP contribution in [0.5, 0.6) is 0 Å². The lowest BCUT2D eigenvalue weighted by molar-refractivity contribution is -0.132. The Labute approximate surface area is 160 Å². The lowest BCUT2D eigenvalue weighted by Crippen LogP contribution is -2.45. The fourth-order valence-corrected chi connectivity index (χ4v) is 3.99. The number of likely N-dealkylation sites (tertiary alicyclic amines) is 1. The van der Waals surface area contributed by atoms with Crippen molar-refractivity contribution in [2.45, 2.75) is 38.6 Å². The van der Waals surface area contributed by atoms with Crippen molar-refractivity contribution in [3.05, 3.63) is 40.9 Å². The van der Waals surface area contributed by atoms with Gasteiger partial charge in [-0.1, -0.05) is 19.1 Å². The molecule has 5 nitrogen and oxygen atoms in total. The van der Waals surface area contributed by atoms with E-state index in [9.17, 15) is 4.79 Å². The summed E-state index contributed by atoms with van der Waals surface area (Å²) < 4.78 is 0. The summed E-state index contributed by atoms with van der Waals surface area (Å²) >= 11 is 1.54. The van der Waals surface area contributed by atoms with Crippen molar-refractivity contribution < 1.29 is 4.79 Å². The molecular formula is C20H28N4OS. The number of carbonyl (C=O) groups excluding carboxylic acids is 1. The van der Waals surface area contributed by atoms with Gasteiger partial charge < -0.3 is 15.1 Å². The third kappa shape index (κ3) is 4.83. The lowest BCUT2D eigenvalue weighted by atomic mass is 10.0. The van der Waals surface area contributed by atoms with Crippen LogP contribution in [0.25, 0.3) is 0 Å². The van der Waals surface area contributed by atoms with E-state index in [-0.39, 0.29) is 5.91 Å². The van der Waals surface area contributed by atoms with E-state index in [0.717, 1.165) is 48.9 Å². The summed E-state index contributed by atoms with van der Waals surface area (Å²) in [5.74, 6) is 0.156. The molecule has 3 rings (SSSR count). The Morgan fingerprint density at radius 1 is 1.31 bits per heavy atom. The summed E-state index contributed by atoms with van der Waals surface area (Å²) in [7, 11) is 4.07. The number of benzene rings is 1. The number of anilines is 2. The number of aryl methyl sites for hydroxylation is 1. The summed E-state index contributed by atoms with van der Waals surface area (Å²) in [5.41, 5.74) is 3.18. The zero-order valence-corrected chi connectivity index (χ0v) is 16.7. The first-order valence-corrected chi connectivity index (χ1v) is 10.2. The normalized spacial score (nSPS) is 15.8. The van der Waals surface area contributed by atoms with E-state index in [4.69, 9.17) is 0 Å². The van der Waals surface area contributed by atoms with Gasteiger partial charge in [-0.05, 0) is 57.1 Å². The molecule has 0 atom stereocenters. The Morgan fingerprint density at radius 3 is 2.65 bits per heavy atom. The van der Waals surface area contributed by atoms with E-state index >= 15 is 0 Å². The minimum atomic E-state index is 0.156. The number of hydrogen-bond donors (Lipinski definition) is 1. The third-order valence-corrected chi connectivity index (χ3v) is 5.93. The fourth-order valence-electron chi connectivity index (χ4n) is 3.26. The Morgan fingerprint density at radius 2 is 2.00 bits per heavy atom. The molecule has 1 N–H and O–H groups in total. The van der Waals surface area contributed by atoms with Crippen LogP contribution in [-0.4, -0.2) is 53.9 Å². The maximum atomic E-state index is 12.6. The number of hydrogen-bond acceptors (Lipinski definition) is 5. The predicted molar refractivity (Wildman–Crippen MR) is 108 cm³/mol. The number of amides is 1. The van der Waals surface area contributed by atoms with Crippen molar-refractivity contribution in [2.75, 3.05) is 32.5 Å². The highest BCUT2D eigenvalue weighted by atomic mass is 32.1. The Kier molecular flexibility index (Phi) is 6.27. The molecule has 2 aromatic rings. The third-order valence-electron chi connectivity index (χ3n) is 5.13. The van der Waals surface area contributed by atoms with Crippen LogP contribution in [0, 0.1) is 0 Å². The van der Waals surface area contributed by atoms with Crippen LogP contribution in [0.1, 0.15) is 31.0 Å². The summed E-state index contributed by atoms with van der Waals surface area (Å²) in [6, 6.07) is 8.73. The SMILES string of the molecule is CCc1ccc(Nc2nc(CC(=O)N(C)C3CCN(C)CC3)cs2)cc1. The maximum Gasteiger partial charge on any atom is 0.228 e. The average molecular weight is 373 g/mol. The quantitative estimate of drug-likeness (QED) is 0.842. The zero-order chi connectivity index (χ0) is 18.5. The van der Waals surface area contributed by atoms with Crippen LogP contribution in [-0.2, 0) is 17.6 Å². The average Bonchev–Trinajstić information content (AvgIpc) is 3.09. The first-order valence-electron chi connectivity index (χ1n) is 9.29. The minimum Gasteiger partial charge on any atom is -0.342 e. The number of nitrogens with zero attached hydrogens (tertiary/aromatic N) is 3. The Hall–Kier alpha value is -1.92. The molecule has 2 heterocycles. The van der Waals surface area contributed by atoms with E-state index in [1.165, 1.54) is 5.56 Å². The van der Waals surface area contributed by atoms with E-state index in [0.29, 0.717) is 12.5 Å². The molecule has 0 unspecified atom stereocenters. The molecule has 1 aromatic carbocycles. The molecular weight excluding hydrogens is 344 g/mol. The van der Waals surface area contributed by atoms with Crippen molar-refractivity contribution in [3.63, 3.8) is 0 Å². The van der Waals surface area contributed by atoms with Crippen molar-refractivity contribution in [1.29, 1.82) is 0 Å². The second-order valence-corrected chi connectivity index (χ2v) is 7.89. The molecule has 1 aromatic heterocycles. The fraction of sp³-hybridized carbons (Fsp3) is 0.500. The number of thiazole rings is 1. The van der Waals surface area contributed by atoms with Gasteiger partial charge in [0.1, 0.15) is 0 Å². The molecule has 1 amide bonds. The van der Waals surface area contributed by atoms with Crippen molar-refractivity contribution in [2.24, 2.45) is 0 Å². The van der Waals surface area contributed by atoms with Gasteiger partial charge >= 0.3 is 0 Å². The number of carbonyl (C=O) groups is 1. The lowest BCUT2D eigenvalue weighted by Gasteiger charge is -2.35. The molecule has 1 aliphatic heterocycles. The molecule has 0 radical (unpaired) electrons. The molecule has 26 heavy (non-hydrogen) atoms. The molecule has 1 fully saturated rings. The molecule has 140 valence electrons. The van der Waals surface area contributed by atoms with Crippen molar-refractivity contribution in [1.82, 2.24) is 14.8 Å². The van der Waals surface area contributed by atoms with Gasteiger partial charge in [0, 0.05) is 24.2 Å². The topological polar surface area (TPSA) is 48.5 Å². The number of likely N-dealkylation sites (N-methyl/N-ethyl adjacent to an activating group) is 1. The molecule has 6 heteroatoms. The van der Waals surface area contributed by atoms with Gasteiger partial charge in [-0.25, -0.2) is 4.98 Å². The van der Waals surface area contributed by atoms with E-state index in [1.54, 1.807) is 11.3 Å².